The second-order valence-corrected chi connectivity index (χ2v) is 6.38. The Morgan fingerprint density at radius 3 is 2.73 bits per heavy atom. The molecule has 0 aliphatic heterocycles. The summed E-state index contributed by atoms with van der Waals surface area (Å²) in [4.78, 5) is 0. The number of nitrogens with one attached hydrogen (secondary N) is 1. The molecular weight excluding hydrogens is 274 g/mol. The Morgan fingerprint density at radius 1 is 1.18 bits per heavy atom. The van der Waals surface area contributed by atoms with E-state index in [9.17, 15) is 0 Å². The van der Waals surface area contributed by atoms with Crippen LogP contribution in [0.1, 0.15) is 57.9 Å². The monoisotopic (exact) mass is 305 g/mol. The fourth-order valence-corrected chi connectivity index (χ4v) is 3.27. The molecule has 124 valence electrons. The molecule has 3 nitrogen and oxygen atoms in total. The van der Waals surface area contributed by atoms with Crippen LogP contribution in [-0.4, -0.2) is 19.4 Å². The first kappa shape index (κ1) is 17.3. The van der Waals surface area contributed by atoms with Crippen LogP contribution in [0.2, 0.25) is 0 Å². The molecule has 0 amide bonds. The van der Waals surface area contributed by atoms with Gasteiger partial charge in [-0.3, -0.25) is 0 Å². The van der Waals surface area contributed by atoms with Crippen molar-refractivity contribution >= 4 is 0 Å². The zero-order valence-corrected chi connectivity index (χ0v) is 14.1. The van der Waals surface area contributed by atoms with Crippen LogP contribution in [-0.2, 0) is 11.3 Å². The molecular formula is C19H31NO2. The van der Waals surface area contributed by atoms with E-state index in [0.29, 0.717) is 19.4 Å². The minimum absolute atomic E-state index is 0.325. The second-order valence-electron chi connectivity index (χ2n) is 6.38. The third-order valence-corrected chi connectivity index (χ3v) is 4.53. The Labute approximate surface area is 135 Å². The molecule has 0 radical (unpaired) electrons. The van der Waals surface area contributed by atoms with Crippen LogP contribution in [0.15, 0.2) is 24.3 Å². The van der Waals surface area contributed by atoms with Gasteiger partial charge < -0.3 is 14.8 Å². The predicted octanol–water partition coefficient (Wildman–Crippen LogP) is 4.51. The largest absolute Gasteiger partial charge is 0.467 e. The van der Waals surface area contributed by atoms with Gasteiger partial charge >= 0.3 is 0 Å². The van der Waals surface area contributed by atoms with Gasteiger partial charge in [-0.1, -0.05) is 50.3 Å². The molecule has 1 aliphatic carbocycles. The number of rotatable bonds is 9. The van der Waals surface area contributed by atoms with Crippen molar-refractivity contribution in [2.75, 3.05) is 13.4 Å². The van der Waals surface area contributed by atoms with Crippen LogP contribution >= 0.6 is 0 Å². The lowest BCUT2D eigenvalue weighted by Gasteiger charge is -2.25. The number of hydrogen-bond acceptors (Lipinski definition) is 3. The maximum Gasteiger partial charge on any atom is 0.189 e. The quantitative estimate of drug-likeness (QED) is 0.538. The Kier molecular flexibility index (Phi) is 7.75. The molecule has 1 aliphatic rings. The summed E-state index contributed by atoms with van der Waals surface area (Å²) in [6, 6.07) is 8.78. The molecule has 0 aromatic heterocycles. The van der Waals surface area contributed by atoms with Crippen molar-refractivity contribution in [3.8, 4) is 5.75 Å². The molecule has 1 aromatic carbocycles. The number of ether oxygens (including phenoxy) is 2. The van der Waals surface area contributed by atoms with Crippen molar-refractivity contribution in [2.24, 2.45) is 5.92 Å². The first-order valence-corrected chi connectivity index (χ1v) is 8.81. The van der Waals surface area contributed by atoms with Crippen molar-refractivity contribution in [2.45, 2.75) is 65.0 Å². The molecule has 1 atom stereocenters. The normalized spacial score (nSPS) is 17.4. The molecule has 0 bridgehead atoms. The molecule has 1 unspecified atom stereocenters. The summed E-state index contributed by atoms with van der Waals surface area (Å²) in [5, 5.41) is 3.66. The van der Waals surface area contributed by atoms with E-state index in [2.05, 4.69) is 24.4 Å². The standard InChI is InChI=1S/C19H31NO2/c1-3-21-15-22-19-12-8-7-11-18(19)14-20-16(2)13-17-9-5-4-6-10-17/h7-8,11-12,16-17,20H,3-6,9-10,13-15H2,1-2H3. The summed E-state index contributed by atoms with van der Waals surface area (Å²) in [5.74, 6) is 1.84. The van der Waals surface area contributed by atoms with Crippen LogP contribution < -0.4 is 10.1 Å². The fourth-order valence-electron chi connectivity index (χ4n) is 3.27. The van der Waals surface area contributed by atoms with Gasteiger partial charge in [0.1, 0.15) is 5.75 Å². The van der Waals surface area contributed by atoms with E-state index in [1.165, 1.54) is 44.1 Å². The summed E-state index contributed by atoms with van der Waals surface area (Å²) in [6.45, 7) is 6.14. The molecule has 1 saturated carbocycles. The molecule has 2 rings (SSSR count). The van der Waals surface area contributed by atoms with Crippen molar-refractivity contribution < 1.29 is 9.47 Å². The fraction of sp³-hybridized carbons (Fsp3) is 0.684. The SMILES string of the molecule is CCOCOc1ccccc1CNC(C)CC1CCCCC1. The number of benzene rings is 1. The van der Waals surface area contributed by atoms with Crippen LogP contribution in [0, 0.1) is 5.92 Å². The minimum Gasteiger partial charge on any atom is -0.467 e. The van der Waals surface area contributed by atoms with Crippen molar-refractivity contribution in [3.63, 3.8) is 0 Å². The maximum atomic E-state index is 5.70. The molecule has 1 fully saturated rings. The summed E-state index contributed by atoms with van der Waals surface area (Å²) in [5.41, 5.74) is 1.21. The highest BCUT2D eigenvalue weighted by atomic mass is 16.7. The minimum atomic E-state index is 0.325. The van der Waals surface area contributed by atoms with Crippen LogP contribution in [0.5, 0.6) is 5.75 Å². The van der Waals surface area contributed by atoms with E-state index >= 15 is 0 Å². The highest BCUT2D eigenvalue weighted by molar-refractivity contribution is 5.33. The number of hydrogen-bond donors (Lipinski definition) is 1. The molecule has 22 heavy (non-hydrogen) atoms. The highest BCUT2D eigenvalue weighted by Gasteiger charge is 2.16. The van der Waals surface area contributed by atoms with Gasteiger partial charge in [0, 0.05) is 24.8 Å². The predicted molar refractivity (Wildman–Crippen MR) is 91.1 cm³/mol. The van der Waals surface area contributed by atoms with Gasteiger partial charge in [-0.05, 0) is 32.3 Å². The Hall–Kier alpha value is -1.06. The van der Waals surface area contributed by atoms with Gasteiger partial charge in [-0.25, -0.2) is 0 Å². The van der Waals surface area contributed by atoms with Crippen molar-refractivity contribution in [1.29, 1.82) is 0 Å². The molecule has 0 spiro atoms. The van der Waals surface area contributed by atoms with E-state index in [0.717, 1.165) is 18.2 Å². The molecule has 1 aromatic rings. The first-order chi connectivity index (χ1) is 10.8. The average Bonchev–Trinajstić information content (AvgIpc) is 2.55. The molecule has 0 saturated heterocycles. The summed E-state index contributed by atoms with van der Waals surface area (Å²) < 4.78 is 11.0. The van der Waals surface area contributed by atoms with E-state index < -0.39 is 0 Å². The average molecular weight is 305 g/mol. The summed E-state index contributed by atoms with van der Waals surface area (Å²) in [6.07, 6.45) is 8.40. The Bertz CT molecular complexity index is 416. The van der Waals surface area contributed by atoms with Crippen LogP contribution in [0.3, 0.4) is 0 Å². The van der Waals surface area contributed by atoms with Crippen LogP contribution in [0.4, 0.5) is 0 Å². The molecule has 1 N–H and O–H groups in total. The molecule has 3 heteroatoms. The lowest BCUT2D eigenvalue weighted by atomic mass is 9.85. The lowest BCUT2D eigenvalue weighted by Crippen LogP contribution is -2.28. The van der Waals surface area contributed by atoms with Crippen molar-refractivity contribution in [1.82, 2.24) is 5.32 Å². The van der Waals surface area contributed by atoms with Gasteiger partial charge in [-0.15, -0.1) is 0 Å². The van der Waals surface area contributed by atoms with E-state index in [1.54, 1.807) is 0 Å². The van der Waals surface area contributed by atoms with E-state index in [1.807, 2.05) is 19.1 Å². The van der Waals surface area contributed by atoms with Crippen LogP contribution in [0.25, 0.3) is 0 Å². The van der Waals surface area contributed by atoms with Crippen molar-refractivity contribution in [3.05, 3.63) is 29.8 Å². The topological polar surface area (TPSA) is 30.5 Å². The summed E-state index contributed by atoms with van der Waals surface area (Å²) in [7, 11) is 0. The van der Waals surface area contributed by atoms with E-state index in [4.69, 9.17) is 9.47 Å². The maximum absolute atomic E-state index is 5.70. The zero-order chi connectivity index (χ0) is 15.6. The van der Waals surface area contributed by atoms with Gasteiger partial charge in [0.15, 0.2) is 6.79 Å². The van der Waals surface area contributed by atoms with Gasteiger partial charge in [0.25, 0.3) is 0 Å². The summed E-state index contributed by atoms with van der Waals surface area (Å²) >= 11 is 0. The van der Waals surface area contributed by atoms with E-state index in [-0.39, 0.29) is 0 Å². The first-order valence-electron chi connectivity index (χ1n) is 8.81. The zero-order valence-electron chi connectivity index (χ0n) is 14.1. The third-order valence-electron chi connectivity index (χ3n) is 4.53. The number of para-hydroxylation sites is 1. The third kappa shape index (κ3) is 5.98. The highest BCUT2D eigenvalue weighted by Crippen LogP contribution is 2.27. The van der Waals surface area contributed by atoms with Gasteiger partial charge in [-0.2, -0.15) is 0 Å². The van der Waals surface area contributed by atoms with Gasteiger partial charge in [0.2, 0.25) is 0 Å². The lowest BCUT2D eigenvalue weighted by molar-refractivity contribution is 0.0217. The smallest absolute Gasteiger partial charge is 0.189 e. The molecule has 0 heterocycles. The van der Waals surface area contributed by atoms with Gasteiger partial charge in [0.05, 0.1) is 0 Å². The Morgan fingerprint density at radius 2 is 1.95 bits per heavy atom. The Balaban J connectivity index is 1.77. The second kappa shape index (κ2) is 9.86.